The summed E-state index contributed by atoms with van der Waals surface area (Å²) >= 11 is 1.59. The van der Waals surface area contributed by atoms with E-state index >= 15 is 0 Å². The molecule has 3 nitrogen and oxygen atoms in total. The summed E-state index contributed by atoms with van der Waals surface area (Å²) in [5.74, 6) is 1.47. The van der Waals surface area contributed by atoms with E-state index in [-0.39, 0.29) is 5.78 Å². The first-order chi connectivity index (χ1) is 13.1. The Morgan fingerprint density at radius 3 is 2.67 bits per heavy atom. The van der Waals surface area contributed by atoms with Crippen molar-refractivity contribution in [2.45, 2.75) is 13.5 Å². The molecule has 2 aromatic carbocycles. The summed E-state index contributed by atoms with van der Waals surface area (Å²) in [6, 6.07) is 15.4. The number of allylic oxidation sites excluding steroid dienone is 1. The number of ketones is 1. The minimum absolute atomic E-state index is 0.0932. The maximum absolute atomic E-state index is 12.5. The second-order valence-electron chi connectivity index (χ2n) is 6.30. The highest BCUT2D eigenvalue weighted by atomic mass is 32.1. The molecule has 0 saturated heterocycles. The van der Waals surface area contributed by atoms with Crippen molar-refractivity contribution < 1.29 is 14.3 Å². The monoisotopic (exact) mass is 374 g/mol. The van der Waals surface area contributed by atoms with Crippen LogP contribution in [-0.2, 0) is 6.61 Å². The number of carbonyl (C=O) groups is 1. The number of hydrogen-bond acceptors (Lipinski definition) is 4. The topological polar surface area (TPSA) is 35.5 Å². The van der Waals surface area contributed by atoms with Crippen LogP contribution in [0.15, 0.2) is 66.2 Å². The Morgan fingerprint density at radius 1 is 1.15 bits per heavy atom. The number of thiophene rings is 1. The fourth-order valence-electron chi connectivity index (χ4n) is 2.83. The van der Waals surface area contributed by atoms with Crippen molar-refractivity contribution in [2.75, 3.05) is 0 Å². The number of carbonyl (C=O) groups excluding carboxylic acids is 1. The summed E-state index contributed by atoms with van der Waals surface area (Å²) < 4.78 is 11.6. The van der Waals surface area contributed by atoms with Crippen molar-refractivity contribution in [1.82, 2.24) is 0 Å². The Kier molecular flexibility index (Phi) is 4.65. The second-order valence-corrected chi connectivity index (χ2v) is 7.25. The van der Waals surface area contributed by atoms with Crippen molar-refractivity contribution in [3.63, 3.8) is 0 Å². The molecule has 0 saturated carbocycles. The van der Waals surface area contributed by atoms with Crippen LogP contribution in [0, 0.1) is 6.92 Å². The summed E-state index contributed by atoms with van der Waals surface area (Å²) in [7, 11) is 0. The van der Waals surface area contributed by atoms with E-state index < -0.39 is 0 Å². The van der Waals surface area contributed by atoms with Gasteiger partial charge in [0, 0.05) is 17.0 Å². The minimum atomic E-state index is -0.0932. The van der Waals surface area contributed by atoms with Crippen LogP contribution in [0.1, 0.15) is 31.9 Å². The first kappa shape index (κ1) is 17.3. The van der Waals surface area contributed by atoms with Gasteiger partial charge in [0.1, 0.15) is 18.1 Å². The Labute approximate surface area is 162 Å². The smallest absolute Gasteiger partial charge is 0.232 e. The molecule has 134 valence electrons. The summed E-state index contributed by atoms with van der Waals surface area (Å²) in [5.41, 5.74) is 3.83. The lowest BCUT2D eigenvalue weighted by atomic mass is 10.1. The van der Waals surface area contributed by atoms with Crippen LogP contribution in [0.4, 0.5) is 0 Å². The van der Waals surface area contributed by atoms with E-state index in [1.165, 1.54) is 0 Å². The van der Waals surface area contributed by atoms with Crippen molar-refractivity contribution in [3.05, 3.63) is 93.4 Å². The number of rotatable bonds is 5. The number of ether oxygens (including phenoxy) is 2. The van der Waals surface area contributed by atoms with Gasteiger partial charge in [0.05, 0.1) is 5.56 Å². The van der Waals surface area contributed by atoms with Gasteiger partial charge in [0.25, 0.3) is 0 Å². The normalized spacial score (nSPS) is 14.1. The van der Waals surface area contributed by atoms with Crippen LogP contribution < -0.4 is 9.47 Å². The zero-order valence-electron chi connectivity index (χ0n) is 14.9. The van der Waals surface area contributed by atoms with Crippen molar-refractivity contribution in [2.24, 2.45) is 0 Å². The highest BCUT2D eigenvalue weighted by Gasteiger charge is 2.28. The molecule has 4 rings (SSSR count). The van der Waals surface area contributed by atoms with Crippen LogP contribution in [0.25, 0.3) is 12.2 Å². The average Bonchev–Trinajstić information content (AvgIpc) is 3.24. The highest BCUT2D eigenvalue weighted by molar-refractivity contribution is 7.11. The van der Waals surface area contributed by atoms with Crippen LogP contribution >= 0.6 is 11.3 Å². The molecule has 1 aromatic heterocycles. The third kappa shape index (κ3) is 3.57. The molecule has 3 aromatic rings. The van der Waals surface area contributed by atoms with Gasteiger partial charge in [0.15, 0.2) is 5.76 Å². The fourth-order valence-corrected chi connectivity index (χ4v) is 3.67. The molecule has 0 atom stereocenters. The van der Waals surface area contributed by atoms with Crippen molar-refractivity contribution in [3.8, 4) is 11.5 Å². The van der Waals surface area contributed by atoms with E-state index in [0.29, 0.717) is 29.4 Å². The van der Waals surface area contributed by atoms with E-state index in [2.05, 4.69) is 6.58 Å². The Morgan fingerprint density at radius 2 is 1.96 bits per heavy atom. The summed E-state index contributed by atoms with van der Waals surface area (Å²) in [6.45, 7) is 6.21. The van der Waals surface area contributed by atoms with Gasteiger partial charge in [-0.25, -0.2) is 0 Å². The summed E-state index contributed by atoms with van der Waals surface area (Å²) in [4.78, 5) is 13.6. The number of aryl methyl sites for hydroxylation is 1. The van der Waals surface area contributed by atoms with Gasteiger partial charge in [-0.3, -0.25) is 4.79 Å². The number of benzene rings is 2. The Hall–Kier alpha value is -3.11. The summed E-state index contributed by atoms with van der Waals surface area (Å²) in [6.07, 6.45) is 3.62. The van der Waals surface area contributed by atoms with Gasteiger partial charge in [-0.15, -0.1) is 11.3 Å². The van der Waals surface area contributed by atoms with Gasteiger partial charge in [-0.2, -0.15) is 0 Å². The molecule has 1 aliphatic rings. The molecule has 1 aliphatic heterocycles. The summed E-state index contributed by atoms with van der Waals surface area (Å²) in [5, 5.41) is 2.00. The molecule has 0 aliphatic carbocycles. The predicted molar refractivity (Wildman–Crippen MR) is 109 cm³/mol. The third-order valence-electron chi connectivity index (χ3n) is 4.43. The van der Waals surface area contributed by atoms with E-state index in [9.17, 15) is 4.79 Å². The quantitative estimate of drug-likeness (QED) is 0.522. The lowest BCUT2D eigenvalue weighted by Gasteiger charge is -2.07. The molecule has 27 heavy (non-hydrogen) atoms. The first-order valence-electron chi connectivity index (χ1n) is 8.60. The lowest BCUT2D eigenvalue weighted by molar-refractivity contribution is 0.101. The maximum atomic E-state index is 12.5. The third-order valence-corrected chi connectivity index (χ3v) is 5.39. The SMILES string of the molecule is C=Cc1ccc(COc2ccc3c(c2)O/C(=C/c2sccc2C)C3=O)cc1. The second kappa shape index (κ2) is 7.25. The largest absolute Gasteiger partial charge is 0.489 e. The van der Waals surface area contributed by atoms with Gasteiger partial charge < -0.3 is 9.47 Å². The Balaban J connectivity index is 1.49. The van der Waals surface area contributed by atoms with Crippen LogP contribution in [0.3, 0.4) is 0 Å². The molecule has 0 amide bonds. The molecular formula is C23H18O3S. The molecule has 0 unspecified atom stereocenters. The molecule has 4 heteroatoms. The van der Waals surface area contributed by atoms with E-state index in [4.69, 9.17) is 9.47 Å². The van der Waals surface area contributed by atoms with Gasteiger partial charge in [-0.05, 0) is 47.2 Å². The zero-order valence-corrected chi connectivity index (χ0v) is 15.7. The van der Waals surface area contributed by atoms with E-state index in [1.807, 2.05) is 54.8 Å². The molecule has 0 bridgehead atoms. The van der Waals surface area contributed by atoms with E-state index in [1.54, 1.807) is 29.5 Å². The number of hydrogen-bond donors (Lipinski definition) is 0. The maximum Gasteiger partial charge on any atom is 0.232 e. The Bertz CT molecular complexity index is 1040. The van der Waals surface area contributed by atoms with Gasteiger partial charge in [0.2, 0.25) is 5.78 Å². The first-order valence-corrected chi connectivity index (χ1v) is 9.48. The number of fused-ring (bicyclic) bond motifs is 1. The molecule has 2 heterocycles. The molecule has 0 spiro atoms. The standard InChI is InChI=1S/C23H18O3S/c1-3-16-4-6-17(7-5-16)14-25-18-8-9-19-20(12-18)26-21(23(19)24)13-22-15(2)10-11-27-22/h3-13H,1,14H2,2H3/b21-13+. The zero-order chi connectivity index (χ0) is 18.8. The highest BCUT2D eigenvalue weighted by Crippen LogP contribution is 2.35. The van der Waals surface area contributed by atoms with Crippen LogP contribution in [0.5, 0.6) is 11.5 Å². The molecule has 0 N–H and O–H groups in total. The minimum Gasteiger partial charge on any atom is -0.489 e. The average molecular weight is 374 g/mol. The van der Waals surface area contributed by atoms with Crippen molar-refractivity contribution in [1.29, 1.82) is 0 Å². The fraction of sp³-hybridized carbons (Fsp3) is 0.0870. The molecular weight excluding hydrogens is 356 g/mol. The number of Topliss-reactive ketones (excluding diaryl/α,β-unsaturated/α-hetero) is 1. The molecule has 0 fully saturated rings. The molecule has 0 radical (unpaired) electrons. The van der Waals surface area contributed by atoms with Gasteiger partial charge in [-0.1, -0.05) is 36.9 Å². The van der Waals surface area contributed by atoms with Gasteiger partial charge >= 0.3 is 0 Å². The van der Waals surface area contributed by atoms with E-state index in [0.717, 1.165) is 21.6 Å². The van der Waals surface area contributed by atoms with Crippen LogP contribution in [0.2, 0.25) is 0 Å². The predicted octanol–water partition coefficient (Wildman–Crippen LogP) is 5.89. The lowest BCUT2D eigenvalue weighted by Crippen LogP contribution is -1.97. The van der Waals surface area contributed by atoms with Crippen molar-refractivity contribution >= 4 is 29.3 Å². The van der Waals surface area contributed by atoms with Crippen LogP contribution in [-0.4, -0.2) is 5.78 Å².